The lowest BCUT2D eigenvalue weighted by Crippen LogP contribution is -2.35. The molecule has 0 bridgehead atoms. The molecule has 2 aromatic rings. The molecule has 3 N–H and O–H groups in total. The van der Waals surface area contributed by atoms with Gasteiger partial charge in [-0.3, -0.25) is 4.79 Å². The molecule has 0 radical (unpaired) electrons. The Hall–Kier alpha value is -1.91. The second-order valence-corrected chi connectivity index (χ2v) is 6.54. The molecule has 0 heterocycles. The summed E-state index contributed by atoms with van der Waals surface area (Å²) in [7, 11) is 0. The molecule has 1 amide bonds. The topological polar surface area (TPSA) is 55.1 Å². The maximum Gasteiger partial charge on any atom is 0.223 e. The summed E-state index contributed by atoms with van der Waals surface area (Å²) in [4.78, 5) is 12.6. The standard InChI is InChI=1S/C20H23FN2O.ClH/c21-18-9-5-4-8-17(18)19(12-14-6-2-1-3-7-14)23-20(24)15-10-11-16(22)13-15;/h1-9,15-16,19H,10-13,22H2,(H,23,24);1H. The van der Waals surface area contributed by atoms with E-state index in [9.17, 15) is 9.18 Å². The van der Waals surface area contributed by atoms with Crippen molar-refractivity contribution in [3.63, 3.8) is 0 Å². The summed E-state index contributed by atoms with van der Waals surface area (Å²) in [6.45, 7) is 0. The van der Waals surface area contributed by atoms with Gasteiger partial charge in [0.15, 0.2) is 0 Å². The van der Waals surface area contributed by atoms with Gasteiger partial charge in [-0.2, -0.15) is 0 Å². The Balaban J connectivity index is 0.00000225. The van der Waals surface area contributed by atoms with E-state index in [0.29, 0.717) is 18.4 Å². The number of hydrogen-bond acceptors (Lipinski definition) is 2. The maximum absolute atomic E-state index is 14.3. The fourth-order valence-corrected chi connectivity index (χ4v) is 3.39. The highest BCUT2D eigenvalue weighted by atomic mass is 35.5. The third kappa shape index (κ3) is 5.03. The number of rotatable bonds is 5. The van der Waals surface area contributed by atoms with Crippen LogP contribution in [0.3, 0.4) is 0 Å². The van der Waals surface area contributed by atoms with Gasteiger partial charge in [0.05, 0.1) is 6.04 Å². The molecule has 134 valence electrons. The molecule has 3 nitrogen and oxygen atoms in total. The van der Waals surface area contributed by atoms with Gasteiger partial charge in [-0.05, 0) is 37.3 Å². The number of carbonyl (C=O) groups is 1. The van der Waals surface area contributed by atoms with Crippen LogP contribution in [-0.4, -0.2) is 11.9 Å². The van der Waals surface area contributed by atoms with Gasteiger partial charge in [0.25, 0.3) is 0 Å². The predicted octanol–water partition coefficient (Wildman–Crippen LogP) is 3.77. The Labute approximate surface area is 154 Å². The smallest absolute Gasteiger partial charge is 0.223 e. The van der Waals surface area contributed by atoms with Crippen LogP contribution in [0.5, 0.6) is 0 Å². The number of amides is 1. The van der Waals surface area contributed by atoms with Crippen molar-refractivity contribution in [1.29, 1.82) is 0 Å². The minimum absolute atomic E-state index is 0. The Kier molecular flexibility index (Phi) is 6.97. The first-order valence-corrected chi connectivity index (χ1v) is 8.48. The van der Waals surface area contributed by atoms with E-state index in [1.54, 1.807) is 18.2 Å². The highest BCUT2D eigenvalue weighted by molar-refractivity contribution is 5.85. The van der Waals surface area contributed by atoms with Crippen molar-refractivity contribution in [2.75, 3.05) is 0 Å². The van der Waals surface area contributed by atoms with E-state index in [-0.39, 0.29) is 42.1 Å². The second kappa shape index (κ2) is 8.97. The van der Waals surface area contributed by atoms with Gasteiger partial charge in [0, 0.05) is 17.5 Å². The Bertz CT molecular complexity index is 695. The third-order valence-corrected chi connectivity index (χ3v) is 4.72. The maximum atomic E-state index is 14.3. The van der Waals surface area contributed by atoms with Gasteiger partial charge in [-0.1, -0.05) is 48.5 Å². The number of hydrogen-bond donors (Lipinski definition) is 2. The first kappa shape index (κ1) is 19.4. The summed E-state index contributed by atoms with van der Waals surface area (Å²) in [5, 5.41) is 3.05. The number of nitrogens with two attached hydrogens (primary N) is 1. The zero-order valence-corrected chi connectivity index (χ0v) is 14.8. The summed E-state index contributed by atoms with van der Waals surface area (Å²) in [6, 6.07) is 16.2. The summed E-state index contributed by atoms with van der Waals surface area (Å²) < 4.78 is 14.3. The van der Waals surface area contributed by atoms with Gasteiger partial charge < -0.3 is 11.1 Å². The van der Waals surface area contributed by atoms with E-state index < -0.39 is 0 Å². The average molecular weight is 363 g/mol. The molecule has 1 aliphatic rings. The van der Waals surface area contributed by atoms with Crippen LogP contribution >= 0.6 is 12.4 Å². The van der Waals surface area contributed by atoms with Crippen molar-refractivity contribution in [3.8, 4) is 0 Å². The summed E-state index contributed by atoms with van der Waals surface area (Å²) >= 11 is 0. The summed E-state index contributed by atoms with van der Waals surface area (Å²) in [6.07, 6.45) is 2.96. The fraction of sp³-hybridized carbons (Fsp3) is 0.350. The molecule has 0 spiro atoms. The molecule has 3 atom stereocenters. The van der Waals surface area contributed by atoms with Gasteiger partial charge in [0.1, 0.15) is 5.82 Å². The van der Waals surface area contributed by atoms with Gasteiger partial charge >= 0.3 is 0 Å². The van der Waals surface area contributed by atoms with Gasteiger partial charge in [0.2, 0.25) is 5.91 Å². The summed E-state index contributed by atoms with van der Waals surface area (Å²) in [5.74, 6) is -0.376. The molecule has 1 fully saturated rings. The molecule has 3 unspecified atom stereocenters. The van der Waals surface area contributed by atoms with Crippen molar-refractivity contribution < 1.29 is 9.18 Å². The molecule has 25 heavy (non-hydrogen) atoms. The van der Waals surface area contributed by atoms with E-state index in [0.717, 1.165) is 18.4 Å². The lowest BCUT2D eigenvalue weighted by atomic mass is 9.97. The zero-order valence-electron chi connectivity index (χ0n) is 14.0. The van der Waals surface area contributed by atoms with E-state index in [1.807, 2.05) is 30.3 Å². The average Bonchev–Trinajstić information content (AvgIpc) is 3.02. The number of carbonyl (C=O) groups excluding carboxylic acids is 1. The minimum atomic E-state index is -0.377. The minimum Gasteiger partial charge on any atom is -0.349 e. The van der Waals surface area contributed by atoms with Crippen molar-refractivity contribution in [3.05, 3.63) is 71.5 Å². The Morgan fingerprint density at radius 2 is 1.80 bits per heavy atom. The number of nitrogens with one attached hydrogen (secondary N) is 1. The monoisotopic (exact) mass is 362 g/mol. The zero-order chi connectivity index (χ0) is 16.9. The van der Waals surface area contributed by atoms with Crippen molar-refractivity contribution >= 4 is 18.3 Å². The second-order valence-electron chi connectivity index (χ2n) is 6.54. The van der Waals surface area contributed by atoms with Crippen LogP contribution in [0.1, 0.15) is 36.4 Å². The number of halogens is 2. The van der Waals surface area contributed by atoms with Crippen molar-refractivity contribution in [2.24, 2.45) is 11.7 Å². The van der Waals surface area contributed by atoms with E-state index in [4.69, 9.17) is 5.73 Å². The molecular formula is C20H24ClFN2O. The highest BCUT2D eigenvalue weighted by Gasteiger charge is 2.29. The molecule has 1 aliphatic carbocycles. The van der Waals surface area contributed by atoms with Crippen LogP contribution in [0.25, 0.3) is 0 Å². The summed E-state index contributed by atoms with van der Waals surface area (Å²) in [5.41, 5.74) is 7.50. The molecule has 0 aliphatic heterocycles. The highest BCUT2D eigenvalue weighted by Crippen LogP contribution is 2.27. The molecule has 0 saturated heterocycles. The number of benzene rings is 2. The predicted molar refractivity (Wildman–Crippen MR) is 100.0 cm³/mol. The Morgan fingerprint density at radius 1 is 1.12 bits per heavy atom. The van der Waals surface area contributed by atoms with Crippen LogP contribution < -0.4 is 11.1 Å². The molecular weight excluding hydrogens is 339 g/mol. The van der Waals surface area contributed by atoms with Crippen LogP contribution in [0.4, 0.5) is 4.39 Å². The largest absolute Gasteiger partial charge is 0.349 e. The quantitative estimate of drug-likeness (QED) is 0.850. The van der Waals surface area contributed by atoms with Crippen molar-refractivity contribution in [1.82, 2.24) is 5.32 Å². The lowest BCUT2D eigenvalue weighted by Gasteiger charge is -2.22. The molecule has 0 aromatic heterocycles. The van der Waals surface area contributed by atoms with Gasteiger partial charge in [-0.25, -0.2) is 4.39 Å². The first-order valence-electron chi connectivity index (χ1n) is 8.48. The van der Waals surface area contributed by atoms with E-state index in [1.165, 1.54) is 6.07 Å². The fourth-order valence-electron chi connectivity index (χ4n) is 3.39. The SMILES string of the molecule is Cl.NC1CCC(C(=O)NC(Cc2ccccc2)c2ccccc2F)C1. The van der Waals surface area contributed by atoms with Crippen LogP contribution in [0.15, 0.2) is 54.6 Å². The van der Waals surface area contributed by atoms with Crippen LogP contribution in [0.2, 0.25) is 0 Å². The normalized spacial score (nSPS) is 20.6. The van der Waals surface area contributed by atoms with E-state index in [2.05, 4.69) is 5.32 Å². The molecule has 3 rings (SSSR count). The Morgan fingerprint density at radius 3 is 2.44 bits per heavy atom. The first-order chi connectivity index (χ1) is 11.6. The van der Waals surface area contributed by atoms with Crippen LogP contribution in [0, 0.1) is 11.7 Å². The van der Waals surface area contributed by atoms with E-state index >= 15 is 0 Å². The van der Waals surface area contributed by atoms with Crippen LogP contribution in [-0.2, 0) is 11.2 Å². The molecule has 1 saturated carbocycles. The third-order valence-electron chi connectivity index (χ3n) is 4.72. The van der Waals surface area contributed by atoms with Crippen molar-refractivity contribution in [2.45, 2.75) is 37.8 Å². The molecule has 5 heteroatoms. The van der Waals surface area contributed by atoms with Gasteiger partial charge in [-0.15, -0.1) is 12.4 Å². The lowest BCUT2D eigenvalue weighted by molar-refractivity contribution is -0.125. The molecule has 2 aromatic carbocycles.